The fraction of sp³-hybridized carbons (Fsp3) is 1.00. The fourth-order valence-corrected chi connectivity index (χ4v) is 2.41. The summed E-state index contributed by atoms with van der Waals surface area (Å²) in [5, 5.41) is 58.2. The summed E-state index contributed by atoms with van der Waals surface area (Å²) in [7, 11) is 0. The second kappa shape index (κ2) is 22.0. The van der Waals surface area contributed by atoms with Gasteiger partial charge in [0.2, 0.25) is 0 Å². The first-order valence-corrected chi connectivity index (χ1v) is 12.7. The number of hydrogen-bond donors (Lipinski definition) is 12. The van der Waals surface area contributed by atoms with Crippen LogP contribution in [0.3, 0.4) is 0 Å². The Morgan fingerprint density at radius 3 is 0.821 bits per heavy atom. The van der Waals surface area contributed by atoms with Crippen LogP contribution in [0.15, 0.2) is 0 Å². The average molecular weight is 579 g/mol. The summed E-state index contributed by atoms with van der Waals surface area (Å²) in [4.78, 5) is 32.6. The topological polar surface area (TPSA) is 249 Å². The molecule has 0 aromatic carbocycles. The molecule has 12 N–H and O–H groups in total. The van der Waals surface area contributed by atoms with Crippen molar-refractivity contribution in [1.29, 1.82) is 0 Å². The molecule has 0 amide bonds. The van der Waals surface area contributed by atoms with E-state index < -0.39 is 54.6 Å². The van der Waals surface area contributed by atoms with Crippen molar-refractivity contribution in [2.45, 2.75) is 96.2 Å². The molecular weight excluding hydrogens is 528 g/mol. The van der Waals surface area contributed by atoms with Crippen LogP contribution in [-0.2, 0) is 29.0 Å². The molecule has 0 aliphatic carbocycles. The molecule has 18 nitrogen and oxygen atoms in total. The smallest absolute Gasteiger partial charge is 0.179 e. The third-order valence-electron chi connectivity index (χ3n) is 4.14. The number of hydrogen-bond acceptors (Lipinski definition) is 18. The predicted octanol–water partition coefficient (Wildman–Crippen LogP) is -4.25. The zero-order valence-electron chi connectivity index (χ0n) is 23.5. The van der Waals surface area contributed by atoms with Crippen molar-refractivity contribution >= 4 is 0 Å². The number of nitrogens with one attached hydrogen (secondary N) is 6. The van der Waals surface area contributed by atoms with E-state index in [1.54, 1.807) is 0 Å². The van der Waals surface area contributed by atoms with Crippen LogP contribution in [0, 0.1) is 0 Å². The molecule has 0 rings (SSSR count). The van der Waals surface area contributed by atoms with Gasteiger partial charge in [-0.25, -0.2) is 0 Å². The highest BCUT2D eigenvalue weighted by Gasteiger charge is 2.49. The van der Waals surface area contributed by atoms with Crippen LogP contribution in [0.5, 0.6) is 0 Å². The highest BCUT2D eigenvalue weighted by atomic mass is 16.7. The molecule has 0 aromatic rings. The second-order valence-corrected chi connectivity index (χ2v) is 9.37. The Morgan fingerprint density at radius 1 is 0.410 bits per heavy atom. The Morgan fingerprint density at radius 2 is 0.615 bits per heavy atom. The first-order chi connectivity index (χ1) is 18.3. The van der Waals surface area contributed by atoms with E-state index in [9.17, 15) is 30.6 Å². The van der Waals surface area contributed by atoms with E-state index in [1.165, 1.54) is 41.5 Å². The molecule has 0 spiro atoms. The van der Waals surface area contributed by atoms with Crippen molar-refractivity contribution < 1.29 is 59.7 Å². The lowest BCUT2D eigenvalue weighted by molar-refractivity contribution is -0.231. The van der Waals surface area contributed by atoms with Crippen LogP contribution in [-0.4, -0.2) is 125 Å². The molecule has 0 aliphatic heterocycles. The third kappa shape index (κ3) is 19.1. The minimum absolute atomic E-state index is 0.170. The molecule has 0 bridgehead atoms. The molecule has 6 atom stereocenters. The maximum absolute atomic E-state index is 9.76. The van der Waals surface area contributed by atoms with E-state index in [0.717, 1.165) is 0 Å². The van der Waals surface area contributed by atoms with Crippen LogP contribution in [0.25, 0.3) is 0 Å². The van der Waals surface area contributed by atoms with E-state index >= 15 is 0 Å². The second-order valence-electron chi connectivity index (χ2n) is 9.37. The zero-order chi connectivity index (χ0) is 29.8. The zero-order valence-corrected chi connectivity index (χ0v) is 23.5. The van der Waals surface area contributed by atoms with Crippen molar-refractivity contribution in [3.05, 3.63) is 0 Å². The quantitative estimate of drug-likeness (QED) is 0.0343. The summed E-state index contributed by atoms with van der Waals surface area (Å²) in [5.74, 6) is 0. The van der Waals surface area contributed by atoms with Crippen LogP contribution >= 0.6 is 0 Å². The molecule has 0 fully saturated rings. The number of rotatable bonds is 26. The average Bonchev–Trinajstić information content (AvgIpc) is 2.80. The maximum Gasteiger partial charge on any atom is 0.179 e. The van der Waals surface area contributed by atoms with Crippen LogP contribution in [0.2, 0.25) is 0 Å². The van der Waals surface area contributed by atoms with E-state index in [2.05, 4.69) is 32.9 Å². The van der Waals surface area contributed by atoms with Crippen LogP contribution in [0.1, 0.15) is 41.5 Å². The van der Waals surface area contributed by atoms with Crippen molar-refractivity contribution in [3.63, 3.8) is 0 Å². The summed E-state index contributed by atoms with van der Waals surface area (Å²) < 4.78 is 0. The molecule has 236 valence electrons. The van der Waals surface area contributed by atoms with Gasteiger partial charge in [0.15, 0.2) is 5.66 Å². The van der Waals surface area contributed by atoms with Gasteiger partial charge in [-0.15, -0.1) is 0 Å². The monoisotopic (exact) mass is 578 g/mol. The van der Waals surface area contributed by atoms with Gasteiger partial charge in [0.1, 0.15) is 12.3 Å². The summed E-state index contributed by atoms with van der Waals surface area (Å²) in [6, 6.07) is 0. The van der Waals surface area contributed by atoms with Crippen molar-refractivity contribution in [2.75, 3.05) is 39.6 Å². The lowest BCUT2D eigenvalue weighted by Crippen LogP contribution is -2.82. The van der Waals surface area contributed by atoms with Crippen LogP contribution in [0.4, 0.5) is 0 Å². The van der Waals surface area contributed by atoms with Crippen molar-refractivity contribution in [3.8, 4) is 0 Å². The van der Waals surface area contributed by atoms with E-state index in [0.29, 0.717) is 0 Å². The lowest BCUT2D eigenvalue weighted by Gasteiger charge is -2.45. The highest BCUT2D eigenvalue weighted by Crippen LogP contribution is 2.14. The molecular formula is C21H50N6O12. The van der Waals surface area contributed by atoms with Gasteiger partial charge < -0.3 is 30.6 Å². The molecule has 39 heavy (non-hydrogen) atoms. The first-order valence-electron chi connectivity index (χ1n) is 12.7. The Kier molecular flexibility index (Phi) is 21.5. The lowest BCUT2D eigenvalue weighted by atomic mass is 10.1. The third-order valence-corrected chi connectivity index (χ3v) is 4.14. The molecule has 0 saturated carbocycles. The molecule has 0 heterocycles. The Bertz CT molecular complexity index is 502. The highest BCUT2D eigenvalue weighted by molar-refractivity contribution is 4.96. The first kappa shape index (κ1) is 38.3. The van der Waals surface area contributed by atoms with E-state index in [1.807, 2.05) is 0 Å². The van der Waals surface area contributed by atoms with Crippen molar-refractivity contribution in [1.82, 2.24) is 32.9 Å². The summed E-state index contributed by atoms with van der Waals surface area (Å²) in [6.45, 7) is 7.83. The molecule has 0 aliphatic rings. The Balaban J connectivity index is 6.48. The summed E-state index contributed by atoms with van der Waals surface area (Å²) in [5.41, 5.74) is 14.1. The number of hydroxylamine groups is 6. The van der Waals surface area contributed by atoms with Gasteiger partial charge >= 0.3 is 0 Å². The maximum atomic E-state index is 9.76. The Hall–Kier alpha value is -0.720. The molecule has 18 heteroatoms. The van der Waals surface area contributed by atoms with Gasteiger partial charge in [0.25, 0.3) is 0 Å². The number of aliphatic hydroxyl groups excluding tert-OH is 6. The van der Waals surface area contributed by atoms with Gasteiger partial charge in [-0.1, -0.05) is 0 Å². The minimum atomic E-state index is -1.88. The van der Waals surface area contributed by atoms with E-state index in [4.69, 9.17) is 29.0 Å². The van der Waals surface area contributed by atoms with Gasteiger partial charge in [-0.3, -0.25) is 29.0 Å². The molecule has 0 aromatic heterocycles. The summed E-state index contributed by atoms with van der Waals surface area (Å²) in [6.07, 6.45) is -7.81. The van der Waals surface area contributed by atoms with Crippen LogP contribution < -0.4 is 32.9 Å². The fourth-order valence-electron chi connectivity index (χ4n) is 2.41. The predicted molar refractivity (Wildman–Crippen MR) is 135 cm³/mol. The normalized spacial score (nSPS) is 20.0. The Labute approximate surface area is 229 Å². The molecule has 6 unspecified atom stereocenters. The minimum Gasteiger partial charge on any atom is -0.391 e. The van der Waals surface area contributed by atoms with Gasteiger partial charge in [0.05, 0.1) is 76.3 Å². The molecule has 0 saturated heterocycles. The standard InChI is InChI=1S/C21H50N6O12/c1-13(28)7-34-22-19(23-35-8-14(2)29)21(26-38-11-17(5)32,27-39-12-18(6)33)20(24-36-9-15(3)30)25-37-10-16(4)31/h13-20,22-33H,7-12H2,1-6H3. The molecule has 0 radical (unpaired) electrons. The van der Waals surface area contributed by atoms with E-state index in [-0.39, 0.29) is 39.6 Å². The van der Waals surface area contributed by atoms with Gasteiger partial charge in [-0.2, -0.15) is 32.9 Å². The largest absolute Gasteiger partial charge is 0.391 e. The summed E-state index contributed by atoms with van der Waals surface area (Å²) >= 11 is 0. The van der Waals surface area contributed by atoms with Gasteiger partial charge in [0, 0.05) is 0 Å². The van der Waals surface area contributed by atoms with Gasteiger partial charge in [-0.05, 0) is 41.5 Å². The number of aliphatic hydroxyl groups is 6. The van der Waals surface area contributed by atoms with Crippen molar-refractivity contribution in [2.24, 2.45) is 0 Å². The SMILES string of the molecule is CC(O)CONC(NOCC(C)O)C(NOCC(C)O)(NOCC(C)O)C(NOCC(C)O)NOCC(C)O.